The molecule has 1 heterocycles. The first-order chi connectivity index (χ1) is 21.2. The second-order valence-electron chi connectivity index (χ2n) is 10.9. The maximum atomic E-state index is 13.2. The third kappa shape index (κ3) is 12.6. The van der Waals surface area contributed by atoms with Crippen LogP contribution < -0.4 is 21.3 Å². The molecule has 1 aliphatic heterocycles. The summed E-state index contributed by atoms with van der Waals surface area (Å²) in [6, 6.07) is 2.93. The Morgan fingerprint density at radius 1 is 0.822 bits per heavy atom. The highest BCUT2D eigenvalue weighted by atomic mass is 16.5. The number of carbonyl (C=O) groups is 8. The third-order valence-corrected chi connectivity index (χ3v) is 6.52. The maximum absolute atomic E-state index is 13.2. The molecule has 1 aromatic carbocycles. The zero-order valence-corrected chi connectivity index (χ0v) is 25.6. The summed E-state index contributed by atoms with van der Waals surface area (Å²) in [6.45, 7) is 6.19. The molecule has 3 atom stereocenters. The molecular formula is C30H39N5O10. The minimum atomic E-state index is -1.35. The Labute approximate surface area is 260 Å². The van der Waals surface area contributed by atoms with Gasteiger partial charge in [-0.1, -0.05) is 26.0 Å². The molecule has 0 unspecified atom stereocenters. The first kappa shape index (κ1) is 36.1. The van der Waals surface area contributed by atoms with Crippen LogP contribution in [-0.2, 0) is 49.7 Å². The van der Waals surface area contributed by atoms with Crippen molar-refractivity contribution in [1.29, 1.82) is 0 Å². The van der Waals surface area contributed by atoms with Gasteiger partial charge in [0.2, 0.25) is 23.6 Å². The first-order valence-corrected chi connectivity index (χ1v) is 14.3. The molecule has 15 nitrogen and oxygen atoms in total. The van der Waals surface area contributed by atoms with E-state index in [4.69, 9.17) is 4.74 Å². The van der Waals surface area contributed by atoms with Crippen molar-refractivity contribution in [3.63, 3.8) is 0 Å². The molecule has 0 aromatic heterocycles. The van der Waals surface area contributed by atoms with E-state index in [1.54, 1.807) is 24.3 Å². The molecule has 5 N–H and O–H groups in total. The van der Waals surface area contributed by atoms with E-state index in [0.717, 1.165) is 17.1 Å². The molecule has 15 heteroatoms. The standard InChI is InChI=1S/C30H39N5O10/c1-17(2)15-23(33-24(37)13-14-35-25(38)10-11-26(35)39)30(44)34-22(9-12-27(40)41)29(43)31-18(3)28(42)32-21-7-5-20(6-8-21)16-45-19(4)36/h5-8,10-11,17-18,22-23H,9,12-16H2,1-4H3,(H,31,43)(H,32,42)(H,33,37)(H,34,44)(H,40,41)/t18-,22-,23+/m0/s1. The number of hydrogen-bond acceptors (Lipinski definition) is 9. The zero-order valence-electron chi connectivity index (χ0n) is 25.6. The SMILES string of the molecule is CC(=O)OCc1ccc(NC(=O)[C@H](C)NC(=O)[C@H](CCC(=O)O)NC(=O)[C@@H](CC(C)C)NC(=O)CCN2C(=O)C=CC2=O)cc1. The fourth-order valence-corrected chi connectivity index (χ4v) is 4.14. The predicted octanol–water partition coefficient (Wildman–Crippen LogP) is 0.389. The second kappa shape index (κ2) is 17.3. The number of anilines is 1. The smallest absolute Gasteiger partial charge is 0.303 e. The summed E-state index contributed by atoms with van der Waals surface area (Å²) in [4.78, 5) is 98.3. The second-order valence-corrected chi connectivity index (χ2v) is 10.9. The van der Waals surface area contributed by atoms with Crippen LogP contribution in [-0.4, -0.2) is 82.1 Å². The van der Waals surface area contributed by atoms with E-state index in [9.17, 15) is 43.5 Å². The van der Waals surface area contributed by atoms with Gasteiger partial charge < -0.3 is 31.1 Å². The first-order valence-electron chi connectivity index (χ1n) is 14.3. The summed E-state index contributed by atoms with van der Waals surface area (Å²) in [5.74, 6) is -5.56. The van der Waals surface area contributed by atoms with E-state index in [-0.39, 0.29) is 38.3 Å². The minimum absolute atomic E-state index is 0.0690. The van der Waals surface area contributed by atoms with Crippen molar-refractivity contribution in [2.75, 3.05) is 11.9 Å². The van der Waals surface area contributed by atoms with Gasteiger partial charge in [-0.15, -0.1) is 0 Å². The monoisotopic (exact) mass is 629 g/mol. The molecule has 6 amide bonds. The molecule has 45 heavy (non-hydrogen) atoms. The Morgan fingerprint density at radius 3 is 1.98 bits per heavy atom. The van der Waals surface area contributed by atoms with Crippen molar-refractivity contribution in [2.24, 2.45) is 5.92 Å². The van der Waals surface area contributed by atoms with Crippen LogP contribution in [0, 0.1) is 5.92 Å². The van der Waals surface area contributed by atoms with Crippen LogP contribution in [0.25, 0.3) is 0 Å². The van der Waals surface area contributed by atoms with E-state index < -0.39 is 71.9 Å². The van der Waals surface area contributed by atoms with Crippen LogP contribution in [0.1, 0.15) is 58.9 Å². The number of rotatable bonds is 17. The van der Waals surface area contributed by atoms with Gasteiger partial charge >= 0.3 is 11.9 Å². The molecule has 0 bridgehead atoms. The molecule has 0 saturated carbocycles. The number of imide groups is 1. The van der Waals surface area contributed by atoms with Crippen molar-refractivity contribution in [3.05, 3.63) is 42.0 Å². The van der Waals surface area contributed by atoms with E-state index in [0.29, 0.717) is 11.3 Å². The van der Waals surface area contributed by atoms with E-state index >= 15 is 0 Å². The van der Waals surface area contributed by atoms with Crippen LogP contribution in [0.15, 0.2) is 36.4 Å². The van der Waals surface area contributed by atoms with E-state index in [2.05, 4.69) is 21.3 Å². The number of carbonyl (C=O) groups excluding carboxylic acids is 7. The van der Waals surface area contributed by atoms with Crippen molar-refractivity contribution < 1.29 is 48.2 Å². The van der Waals surface area contributed by atoms with Gasteiger partial charge in [-0.2, -0.15) is 0 Å². The quantitative estimate of drug-likeness (QED) is 0.118. The lowest BCUT2D eigenvalue weighted by atomic mass is 10.0. The number of carboxylic acid groups (broad SMARTS) is 1. The maximum Gasteiger partial charge on any atom is 0.303 e. The molecule has 1 aromatic rings. The van der Waals surface area contributed by atoms with Gasteiger partial charge in [0.05, 0.1) is 0 Å². The molecule has 0 fully saturated rings. The highest BCUT2D eigenvalue weighted by molar-refractivity contribution is 6.13. The van der Waals surface area contributed by atoms with Crippen LogP contribution >= 0.6 is 0 Å². The molecular weight excluding hydrogens is 590 g/mol. The summed E-state index contributed by atoms with van der Waals surface area (Å²) in [7, 11) is 0. The van der Waals surface area contributed by atoms with Gasteiger partial charge in [0.15, 0.2) is 0 Å². The number of amides is 6. The van der Waals surface area contributed by atoms with Crippen molar-refractivity contribution in [2.45, 2.75) is 78.1 Å². The lowest BCUT2D eigenvalue weighted by molar-refractivity contribution is -0.142. The molecule has 0 saturated heterocycles. The highest BCUT2D eigenvalue weighted by Crippen LogP contribution is 2.12. The average molecular weight is 630 g/mol. The Morgan fingerprint density at radius 2 is 1.42 bits per heavy atom. The third-order valence-electron chi connectivity index (χ3n) is 6.52. The minimum Gasteiger partial charge on any atom is -0.481 e. The Kier molecular flexibility index (Phi) is 13.9. The van der Waals surface area contributed by atoms with E-state index in [1.807, 2.05) is 13.8 Å². The van der Waals surface area contributed by atoms with Crippen LogP contribution in [0.5, 0.6) is 0 Å². The fraction of sp³-hybridized carbons (Fsp3) is 0.467. The number of hydrogen-bond donors (Lipinski definition) is 5. The summed E-state index contributed by atoms with van der Waals surface area (Å²) in [5.41, 5.74) is 1.10. The molecule has 244 valence electrons. The highest BCUT2D eigenvalue weighted by Gasteiger charge is 2.30. The molecule has 0 aliphatic carbocycles. The number of carboxylic acids is 1. The van der Waals surface area contributed by atoms with Crippen LogP contribution in [0.2, 0.25) is 0 Å². The normalized spacial score (nSPS) is 14.4. The Bertz CT molecular complexity index is 1310. The average Bonchev–Trinajstić information content (AvgIpc) is 3.29. The molecule has 0 spiro atoms. The van der Waals surface area contributed by atoms with Gasteiger partial charge in [-0.3, -0.25) is 43.3 Å². The summed E-state index contributed by atoms with van der Waals surface area (Å²) in [6.07, 6.45) is 1.34. The molecule has 1 aliphatic rings. The van der Waals surface area contributed by atoms with Crippen LogP contribution in [0.3, 0.4) is 0 Å². The summed E-state index contributed by atoms with van der Waals surface area (Å²) < 4.78 is 4.92. The van der Waals surface area contributed by atoms with Gasteiger partial charge in [0.25, 0.3) is 11.8 Å². The summed E-state index contributed by atoms with van der Waals surface area (Å²) >= 11 is 0. The summed E-state index contributed by atoms with van der Waals surface area (Å²) in [5, 5.41) is 19.3. The van der Waals surface area contributed by atoms with Crippen LogP contribution in [0.4, 0.5) is 5.69 Å². The van der Waals surface area contributed by atoms with Crippen molar-refractivity contribution >= 4 is 53.1 Å². The largest absolute Gasteiger partial charge is 0.481 e. The molecule has 0 radical (unpaired) electrons. The number of nitrogens with one attached hydrogen (secondary N) is 4. The fourth-order valence-electron chi connectivity index (χ4n) is 4.14. The van der Waals surface area contributed by atoms with Gasteiger partial charge in [0.1, 0.15) is 24.7 Å². The lowest BCUT2D eigenvalue weighted by Gasteiger charge is -2.25. The van der Waals surface area contributed by atoms with Gasteiger partial charge in [-0.25, -0.2) is 0 Å². The number of benzene rings is 1. The number of ether oxygens (including phenoxy) is 1. The number of nitrogens with zero attached hydrogens (tertiary/aromatic N) is 1. The topological polar surface area (TPSA) is 217 Å². The van der Waals surface area contributed by atoms with Gasteiger partial charge in [-0.05, 0) is 43.4 Å². The zero-order chi connectivity index (χ0) is 33.7. The number of aliphatic carboxylic acids is 1. The number of esters is 1. The molecule has 2 rings (SSSR count). The Balaban J connectivity index is 2.02. The Hall–Kier alpha value is -5.08. The van der Waals surface area contributed by atoms with Crippen molar-refractivity contribution in [3.8, 4) is 0 Å². The lowest BCUT2D eigenvalue weighted by Crippen LogP contribution is -2.56. The predicted molar refractivity (Wildman–Crippen MR) is 159 cm³/mol. The van der Waals surface area contributed by atoms with Crippen molar-refractivity contribution in [1.82, 2.24) is 20.9 Å². The van der Waals surface area contributed by atoms with E-state index in [1.165, 1.54) is 13.8 Å². The van der Waals surface area contributed by atoms with Gasteiger partial charge in [0, 0.05) is 44.1 Å².